The van der Waals surface area contributed by atoms with Gasteiger partial charge in [0.2, 0.25) is 0 Å². The molecule has 2 rings (SSSR count). The Morgan fingerprint density at radius 2 is 2.24 bits per heavy atom. The Kier molecular flexibility index (Phi) is 3.14. The molecule has 5 nitrogen and oxygen atoms in total. The standard InChI is InChI=1S/C11H9BrN2O3/c1-17-10-3-2-6(12)4-7(10)8-5-9(11(15)16)14-13-8/h2-5H,1H3,(H,13,14)(H,15,16). The van der Waals surface area contributed by atoms with Crippen molar-refractivity contribution in [3.05, 3.63) is 34.4 Å². The van der Waals surface area contributed by atoms with E-state index in [0.29, 0.717) is 11.4 Å². The van der Waals surface area contributed by atoms with Crippen LogP contribution in [0.3, 0.4) is 0 Å². The summed E-state index contributed by atoms with van der Waals surface area (Å²) in [7, 11) is 1.55. The summed E-state index contributed by atoms with van der Waals surface area (Å²) in [5.41, 5.74) is 1.30. The van der Waals surface area contributed by atoms with Gasteiger partial charge in [0.15, 0.2) is 0 Å². The zero-order chi connectivity index (χ0) is 12.4. The fourth-order valence-electron chi connectivity index (χ4n) is 1.45. The second kappa shape index (κ2) is 4.58. The Morgan fingerprint density at radius 3 is 2.82 bits per heavy atom. The van der Waals surface area contributed by atoms with Crippen molar-refractivity contribution in [2.75, 3.05) is 7.11 Å². The number of aromatic carboxylic acids is 1. The Labute approximate surface area is 106 Å². The molecule has 88 valence electrons. The third-order valence-electron chi connectivity index (χ3n) is 2.25. The van der Waals surface area contributed by atoms with Crippen molar-refractivity contribution >= 4 is 21.9 Å². The van der Waals surface area contributed by atoms with Gasteiger partial charge in [-0.3, -0.25) is 5.10 Å². The van der Waals surface area contributed by atoms with E-state index in [1.807, 2.05) is 12.1 Å². The first-order valence-electron chi connectivity index (χ1n) is 4.74. The lowest BCUT2D eigenvalue weighted by molar-refractivity contribution is 0.0690. The van der Waals surface area contributed by atoms with E-state index < -0.39 is 5.97 Å². The Balaban J connectivity index is 2.51. The van der Waals surface area contributed by atoms with E-state index >= 15 is 0 Å². The molecule has 0 atom stereocenters. The van der Waals surface area contributed by atoms with Crippen LogP contribution in [0, 0.1) is 0 Å². The number of nitrogens with zero attached hydrogens (tertiary/aromatic N) is 1. The molecule has 1 aromatic heterocycles. The van der Waals surface area contributed by atoms with Gasteiger partial charge >= 0.3 is 5.97 Å². The summed E-state index contributed by atoms with van der Waals surface area (Å²) in [6.45, 7) is 0. The largest absolute Gasteiger partial charge is 0.496 e. The number of methoxy groups -OCH3 is 1. The minimum atomic E-state index is -1.04. The number of carboxylic acids is 1. The summed E-state index contributed by atoms with van der Waals surface area (Å²) in [5.74, 6) is -0.408. The lowest BCUT2D eigenvalue weighted by Gasteiger charge is -2.05. The number of benzene rings is 1. The summed E-state index contributed by atoms with van der Waals surface area (Å²) in [6, 6.07) is 6.91. The van der Waals surface area contributed by atoms with Gasteiger partial charge in [-0.1, -0.05) is 15.9 Å². The lowest BCUT2D eigenvalue weighted by Crippen LogP contribution is -1.95. The zero-order valence-electron chi connectivity index (χ0n) is 8.90. The molecule has 1 aromatic carbocycles. The molecule has 0 saturated heterocycles. The number of hydrogen-bond acceptors (Lipinski definition) is 3. The van der Waals surface area contributed by atoms with Crippen LogP contribution in [0.5, 0.6) is 5.75 Å². The molecule has 0 fully saturated rings. The molecule has 0 aliphatic carbocycles. The van der Waals surface area contributed by atoms with Crippen molar-refractivity contribution in [2.45, 2.75) is 0 Å². The minimum absolute atomic E-state index is 0.0435. The van der Waals surface area contributed by atoms with Crippen LogP contribution in [0.1, 0.15) is 10.5 Å². The van der Waals surface area contributed by atoms with Crippen LogP contribution in [-0.4, -0.2) is 28.4 Å². The first-order valence-corrected chi connectivity index (χ1v) is 5.53. The predicted molar refractivity (Wildman–Crippen MR) is 65.2 cm³/mol. The second-order valence-electron chi connectivity index (χ2n) is 3.32. The number of carbonyl (C=O) groups is 1. The third kappa shape index (κ3) is 2.31. The van der Waals surface area contributed by atoms with Gasteiger partial charge < -0.3 is 9.84 Å². The van der Waals surface area contributed by atoms with Gasteiger partial charge in [0, 0.05) is 10.0 Å². The van der Waals surface area contributed by atoms with Crippen LogP contribution in [0.4, 0.5) is 0 Å². The zero-order valence-corrected chi connectivity index (χ0v) is 10.5. The number of H-pyrrole nitrogens is 1. The molecule has 0 bridgehead atoms. The maximum atomic E-state index is 10.8. The number of aromatic amines is 1. The van der Waals surface area contributed by atoms with E-state index in [1.165, 1.54) is 6.07 Å². The number of halogens is 1. The van der Waals surface area contributed by atoms with Crippen molar-refractivity contribution < 1.29 is 14.6 Å². The highest BCUT2D eigenvalue weighted by Crippen LogP contribution is 2.31. The van der Waals surface area contributed by atoms with Gasteiger partial charge in [-0.25, -0.2) is 4.79 Å². The van der Waals surface area contributed by atoms with E-state index in [4.69, 9.17) is 9.84 Å². The summed E-state index contributed by atoms with van der Waals surface area (Å²) in [6.07, 6.45) is 0. The molecule has 1 heterocycles. The Bertz CT molecular complexity index is 566. The molecule has 0 radical (unpaired) electrons. The van der Waals surface area contributed by atoms with Crippen LogP contribution < -0.4 is 4.74 Å². The molecule has 17 heavy (non-hydrogen) atoms. The number of carboxylic acid groups (broad SMARTS) is 1. The van der Waals surface area contributed by atoms with Crippen LogP contribution in [0.2, 0.25) is 0 Å². The molecule has 0 aliphatic rings. The predicted octanol–water partition coefficient (Wildman–Crippen LogP) is 2.55. The van der Waals surface area contributed by atoms with E-state index in [1.54, 1.807) is 13.2 Å². The highest BCUT2D eigenvalue weighted by atomic mass is 79.9. The number of rotatable bonds is 3. The number of aromatic nitrogens is 2. The highest BCUT2D eigenvalue weighted by molar-refractivity contribution is 9.10. The summed E-state index contributed by atoms with van der Waals surface area (Å²) in [5, 5.41) is 15.2. The molecule has 0 saturated carbocycles. The molecule has 2 N–H and O–H groups in total. The van der Waals surface area contributed by atoms with Gasteiger partial charge in [0.1, 0.15) is 11.4 Å². The smallest absolute Gasteiger partial charge is 0.353 e. The van der Waals surface area contributed by atoms with Gasteiger partial charge in [0.05, 0.1) is 12.8 Å². The molecule has 6 heteroatoms. The van der Waals surface area contributed by atoms with E-state index in [-0.39, 0.29) is 5.69 Å². The van der Waals surface area contributed by atoms with Crippen molar-refractivity contribution in [3.8, 4) is 17.0 Å². The van der Waals surface area contributed by atoms with Crippen LogP contribution in [-0.2, 0) is 0 Å². The van der Waals surface area contributed by atoms with E-state index in [0.717, 1.165) is 10.0 Å². The topological polar surface area (TPSA) is 75.2 Å². The molecule has 2 aromatic rings. The fraction of sp³-hybridized carbons (Fsp3) is 0.0909. The maximum Gasteiger partial charge on any atom is 0.353 e. The summed E-state index contributed by atoms with van der Waals surface area (Å²) >= 11 is 3.35. The van der Waals surface area contributed by atoms with Crippen LogP contribution >= 0.6 is 15.9 Å². The molecule has 0 unspecified atom stereocenters. The first kappa shape index (κ1) is 11.7. The Hall–Kier alpha value is -1.82. The SMILES string of the molecule is COc1ccc(Br)cc1-c1cc(C(=O)O)[nH]n1. The van der Waals surface area contributed by atoms with Crippen molar-refractivity contribution in [3.63, 3.8) is 0 Å². The monoisotopic (exact) mass is 296 g/mol. The highest BCUT2D eigenvalue weighted by Gasteiger charge is 2.13. The van der Waals surface area contributed by atoms with Gasteiger partial charge in [-0.15, -0.1) is 0 Å². The molecular weight excluding hydrogens is 288 g/mol. The van der Waals surface area contributed by atoms with Crippen LogP contribution in [0.25, 0.3) is 11.3 Å². The quantitative estimate of drug-likeness (QED) is 0.913. The molecule has 0 aliphatic heterocycles. The lowest BCUT2D eigenvalue weighted by atomic mass is 10.1. The second-order valence-corrected chi connectivity index (χ2v) is 4.23. The van der Waals surface area contributed by atoms with Crippen molar-refractivity contribution in [2.24, 2.45) is 0 Å². The molecular formula is C11H9BrN2O3. The first-order chi connectivity index (χ1) is 8.11. The molecule has 0 spiro atoms. The fourth-order valence-corrected chi connectivity index (χ4v) is 1.81. The van der Waals surface area contributed by atoms with Crippen molar-refractivity contribution in [1.29, 1.82) is 0 Å². The minimum Gasteiger partial charge on any atom is -0.496 e. The summed E-state index contributed by atoms with van der Waals surface area (Å²) in [4.78, 5) is 10.8. The maximum absolute atomic E-state index is 10.8. The summed E-state index contributed by atoms with van der Waals surface area (Å²) < 4.78 is 6.07. The number of ether oxygens (including phenoxy) is 1. The van der Waals surface area contributed by atoms with Crippen molar-refractivity contribution in [1.82, 2.24) is 10.2 Å². The van der Waals surface area contributed by atoms with Crippen LogP contribution in [0.15, 0.2) is 28.7 Å². The third-order valence-corrected chi connectivity index (χ3v) is 2.74. The van der Waals surface area contributed by atoms with E-state index in [9.17, 15) is 4.79 Å². The Morgan fingerprint density at radius 1 is 1.47 bits per heavy atom. The van der Waals surface area contributed by atoms with Gasteiger partial charge in [-0.2, -0.15) is 5.10 Å². The number of nitrogens with one attached hydrogen (secondary N) is 1. The molecule has 0 amide bonds. The van der Waals surface area contributed by atoms with Gasteiger partial charge in [-0.05, 0) is 24.3 Å². The average molecular weight is 297 g/mol. The average Bonchev–Trinajstić information content (AvgIpc) is 2.78. The number of hydrogen-bond donors (Lipinski definition) is 2. The van der Waals surface area contributed by atoms with E-state index in [2.05, 4.69) is 26.1 Å². The van der Waals surface area contributed by atoms with Gasteiger partial charge in [0.25, 0.3) is 0 Å². The normalized spacial score (nSPS) is 10.2.